The zero-order chi connectivity index (χ0) is 14.3. The summed E-state index contributed by atoms with van der Waals surface area (Å²) in [7, 11) is 0. The molecule has 0 aromatic rings. The first-order valence-electron chi connectivity index (χ1n) is 8.83. The van der Waals surface area contributed by atoms with Crippen LogP contribution in [0.25, 0.3) is 0 Å². The van der Waals surface area contributed by atoms with Crippen molar-refractivity contribution in [3.8, 4) is 0 Å². The highest BCUT2D eigenvalue weighted by atomic mass is 14.2. The summed E-state index contributed by atoms with van der Waals surface area (Å²) in [6.45, 7) is 9.24. The van der Waals surface area contributed by atoms with Crippen molar-refractivity contribution >= 4 is 0 Å². The molecule has 0 aromatic heterocycles. The number of allylic oxidation sites excluding steroid dienone is 2. The van der Waals surface area contributed by atoms with Gasteiger partial charge in [-0.3, -0.25) is 0 Å². The van der Waals surface area contributed by atoms with E-state index in [-0.39, 0.29) is 0 Å². The fourth-order valence-electron chi connectivity index (χ4n) is 2.83. The van der Waals surface area contributed by atoms with Gasteiger partial charge in [-0.2, -0.15) is 0 Å². The van der Waals surface area contributed by atoms with E-state index in [0.717, 1.165) is 11.8 Å². The normalized spacial score (nSPS) is 13.5. The van der Waals surface area contributed by atoms with E-state index < -0.39 is 0 Å². The lowest BCUT2D eigenvalue weighted by Gasteiger charge is -2.20. The molecule has 0 heterocycles. The molecule has 19 heavy (non-hydrogen) atoms. The Labute approximate surface area is 123 Å². The molecule has 0 aliphatic carbocycles. The van der Waals surface area contributed by atoms with E-state index in [9.17, 15) is 0 Å². The van der Waals surface area contributed by atoms with Crippen LogP contribution in [0.3, 0.4) is 0 Å². The Balaban J connectivity index is 3.57. The molecule has 0 fully saturated rings. The van der Waals surface area contributed by atoms with E-state index in [1.165, 1.54) is 70.6 Å². The number of hydrogen-bond donors (Lipinski definition) is 0. The summed E-state index contributed by atoms with van der Waals surface area (Å²) in [5, 5.41) is 0. The van der Waals surface area contributed by atoms with E-state index in [1.807, 2.05) is 0 Å². The van der Waals surface area contributed by atoms with Gasteiger partial charge in [0.2, 0.25) is 0 Å². The van der Waals surface area contributed by atoms with Gasteiger partial charge in [0.15, 0.2) is 0 Å². The van der Waals surface area contributed by atoms with Gasteiger partial charge < -0.3 is 0 Å². The van der Waals surface area contributed by atoms with Gasteiger partial charge in [0, 0.05) is 0 Å². The minimum Gasteiger partial charge on any atom is -0.0917 e. The summed E-state index contributed by atoms with van der Waals surface area (Å²) >= 11 is 0. The molecule has 0 radical (unpaired) electrons. The van der Waals surface area contributed by atoms with Crippen LogP contribution in [0.5, 0.6) is 0 Å². The van der Waals surface area contributed by atoms with Crippen LogP contribution >= 0.6 is 0 Å². The Hall–Kier alpha value is -0.260. The van der Waals surface area contributed by atoms with Crippen LogP contribution in [-0.2, 0) is 0 Å². The van der Waals surface area contributed by atoms with Crippen LogP contribution in [0.4, 0.5) is 0 Å². The minimum atomic E-state index is 0.873. The molecular weight excluding hydrogens is 228 g/mol. The van der Waals surface area contributed by atoms with Crippen molar-refractivity contribution in [3.05, 3.63) is 12.2 Å². The van der Waals surface area contributed by atoms with Crippen molar-refractivity contribution < 1.29 is 0 Å². The third kappa shape index (κ3) is 12.5. The topological polar surface area (TPSA) is 0 Å². The molecule has 0 N–H and O–H groups in total. The Kier molecular flexibility index (Phi) is 14.0. The Morgan fingerprint density at radius 2 is 1.37 bits per heavy atom. The first kappa shape index (κ1) is 18.7. The van der Waals surface area contributed by atoms with Gasteiger partial charge in [-0.1, -0.05) is 90.7 Å². The van der Waals surface area contributed by atoms with E-state index in [4.69, 9.17) is 0 Å². The molecular formula is C19H38. The van der Waals surface area contributed by atoms with Crippen molar-refractivity contribution in [1.82, 2.24) is 0 Å². The predicted octanol–water partition coefficient (Wildman–Crippen LogP) is 7.15. The summed E-state index contributed by atoms with van der Waals surface area (Å²) in [5.41, 5.74) is 0. The molecule has 1 unspecified atom stereocenters. The van der Waals surface area contributed by atoms with Crippen LogP contribution < -0.4 is 0 Å². The minimum absolute atomic E-state index is 0.873. The molecule has 0 rings (SSSR count). The third-order valence-corrected chi connectivity index (χ3v) is 4.30. The molecule has 0 saturated carbocycles. The monoisotopic (exact) mass is 266 g/mol. The van der Waals surface area contributed by atoms with Crippen molar-refractivity contribution in [2.45, 2.75) is 98.3 Å². The molecule has 0 aliphatic heterocycles. The number of hydrogen-bond acceptors (Lipinski definition) is 0. The van der Waals surface area contributed by atoms with Crippen LogP contribution in [0.2, 0.25) is 0 Å². The van der Waals surface area contributed by atoms with Crippen LogP contribution in [0.15, 0.2) is 12.2 Å². The van der Waals surface area contributed by atoms with Crippen molar-refractivity contribution in [3.63, 3.8) is 0 Å². The molecule has 0 aliphatic rings. The second-order valence-electron chi connectivity index (χ2n) is 6.41. The fourth-order valence-corrected chi connectivity index (χ4v) is 2.83. The maximum absolute atomic E-state index is 2.41. The summed E-state index contributed by atoms with van der Waals surface area (Å²) in [4.78, 5) is 0. The van der Waals surface area contributed by atoms with Gasteiger partial charge in [-0.05, 0) is 31.6 Å². The lowest BCUT2D eigenvalue weighted by atomic mass is 9.86. The van der Waals surface area contributed by atoms with Crippen LogP contribution in [0, 0.1) is 11.8 Å². The van der Waals surface area contributed by atoms with Gasteiger partial charge in [-0.15, -0.1) is 0 Å². The Bertz CT molecular complexity index is 190. The van der Waals surface area contributed by atoms with E-state index in [0.29, 0.717) is 0 Å². The smallest absolute Gasteiger partial charge is 0.0351 e. The van der Waals surface area contributed by atoms with Crippen molar-refractivity contribution in [1.29, 1.82) is 0 Å². The zero-order valence-corrected chi connectivity index (χ0v) is 14.1. The van der Waals surface area contributed by atoms with E-state index in [1.54, 1.807) is 0 Å². The zero-order valence-electron chi connectivity index (χ0n) is 14.1. The second kappa shape index (κ2) is 14.2. The highest BCUT2D eigenvalue weighted by Crippen LogP contribution is 2.25. The average Bonchev–Trinajstić information content (AvgIpc) is 2.39. The largest absolute Gasteiger partial charge is 0.0917 e. The van der Waals surface area contributed by atoms with E-state index >= 15 is 0 Å². The summed E-state index contributed by atoms with van der Waals surface area (Å²) < 4.78 is 0. The molecule has 0 saturated heterocycles. The molecule has 0 bridgehead atoms. The maximum atomic E-state index is 2.41. The number of rotatable bonds is 13. The standard InChI is InChI=1S/C19H38/c1-5-7-9-11-13-15-17-19(18(3)4)16-14-12-10-8-6-2/h6,8,18-19H,5,7,9-17H2,1-4H3/b8-6+. The Morgan fingerprint density at radius 1 is 0.789 bits per heavy atom. The first-order valence-corrected chi connectivity index (χ1v) is 8.83. The predicted molar refractivity (Wildman–Crippen MR) is 89.6 cm³/mol. The van der Waals surface area contributed by atoms with Gasteiger partial charge >= 0.3 is 0 Å². The van der Waals surface area contributed by atoms with E-state index in [2.05, 4.69) is 39.8 Å². The lowest BCUT2D eigenvalue weighted by molar-refractivity contribution is 0.315. The molecule has 0 spiro atoms. The molecule has 0 heteroatoms. The molecule has 0 nitrogen and oxygen atoms in total. The highest BCUT2D eigenvalue weighted by molar-refractivity contribution is 4.76. The molecule has 1 atom stereocenters. The maximum Gasteiger partial charge on any atom is -0.0351 e. The van der Waals surface area contributed by atoms with Gasteiger partial charge in [0.05, 0.1) is 0 Å². The summed E-state index contributed by atoms with van der Waals surface area (Å²) in [6, 6.07) is 0. The lowest BCUT2D eigenvalue weighted by Crippen LogP contribution is -2.08. The molecule has 0 amide bonds. The molecule has 114 valence electrons. The SMILES string of the molecule is C/C=C/CCCCC(CCCCCCCC)C(C)C. The molecule has 0 aromatic carbocycles. The highest BCUT2D eigenvalue weighted by Gasteiger charge is 2.12. The quantitative estimate of drug-likeness (QED) is 0.245. The van der Waals surface area contributed by atoms with Crippen molar-refractivity contribution in [2.75, 3.05) is 0 Å². The van der Waals surface area contributed by atoms with Crippen molar-refractivity contribution in [2.24, 2.45) is 11.8 Å². The van der Waals surface area contributed by atoms with Crippen LogP contribution in [-0.4, -0.2) is 0 Å². The van der Waals surface area contributed by atoms with Crippen LogP contribution in [0.1, 0.15) is 98.3 Å². The summed E-state index contributed by atoms with van der Waals surface area (Å²) in [5.74, 6) is 1.84. The fraction of sp³-hybridized carbons (Fsp3) is 0.895. The second-order valence-corrected chi connectivity index (χ2v) is 6.41. The van der Waals surface area contributed by atoms with Gasteiger partial charge in [-0.25, -0.2) is 0 Å². The number of unbranched alkanes of at least 4 members (excludes halogenated alkanes) is 7. The van der Waals surface area contributed by atoms with Gasteiger partial charge in [0.1, 0.15) is 0 Å². The summed E-state index contributed by atoms with van der Waals surface area (Å²) in [6.07, 6.45) is 20.1. The van der Waals surface area contributed by atoms with Gasteiger partial charge in [0.25, 0.3) is 0 Å². The first-order chi connectivity index (χ1) is 9.22. The average molecular weight is 267 g/mol. The third-order valence-electron chi connectivity index (χ3n) is 4.30. The Morgan fingerprint density at radius 3 is 1.95 bits per heavy atom.